The van der Waals surface area contributed by atoms with E-state index in [1.807, 2.05) is 0 Å². The zero-order valence-corrected chi connectivity index (χ0v) is 6.58. The first-order chi connectivity index (χ1) is 5.83. The topological polar surface area (TPSA) is 75.9 Å². The van der Waals surface area contributed by atoms with Crippen molar-refractivity contribution in [3.8, 4) is 0 Å². The van der Waals surface area contributed by atoms with Gasteiger partial charge < -0.3 is 4.98 Å². The first-order valence-electron chi connectivity index (χ1n) is 3.07. The van der Waals surface area contributed by atoms with Crippen LogP contribution in [0.5, 0.6) is 0 Å². The Morgan fingerprint density at radius 2 is 2.42 bits per heavy atom. The normalized spacial score (nSPS) is 10.3. The molecule has 2 aromatic rings. The zero-order chi connectivity index (χ0) is 8.55. The molecule has 2 rings (SSSR count). The van der Waals surface area contributed by atoms with Gasteiger partial charge in [-0.25, -0.2) is 9.97 Å². The molecule has 0 fully saturated rings. The summed E-state index contributed by atoms with van der Waals surface area (Å²) in [5, 5.41) is 2.70. The molecule has 0 saturated carbocycles. The summed E-state index contributed by atoms with van der Waals surface area (Å²) in [5.74, 6) is 0. The van der Waals surface area contributed by atoms with E-state index in [1.54, 1.807) is 0 Å². The van der Waals surface area contributed by atoms with Gasteiger partial charge in [-0.3, -0.25) is 0 Å². The van der Waals surface area contributed by atoms with Crippen molar-refractivity contribution in [2.45, 2.75) is 0 Å². The number of fused-ring (bicyclic) bond motifs is 1. The Bertz CT molecular complexity index is 486. The van der Waals surface area contributed by atoms with Crippen LogP contribution >= 0.6 is 12.2 Å². The van der Waals surface area contributed by atoms with Crippen LogP contribution in [0.25, 0.3) is 11.2 Å². The van der Waals surface area contributed by atoms with E-state index in [9.17, 15) is 4.91 Å². The van der Waals surface area contributed by atoms with Crippen LogP contribution in [0.4, 0.5) is 0 Å². The number of H-pyrrole nitrogens is 1. The van der Waals surface area contributed by atoms with Crippen LogP contribution in [0.15, 0.2) is 17.9 Å². The van der Waals surface area contributed by atoms with Gasteiger partial charge in [-0.2, -0.15) is 4.68 Å². The summed E-state index contributed by atoms with van der Waals surface area (Å²) >= 11 is 4.87. The molecule has 0 aliphatic heterocycles. The summed E-state index contributed by atoms with van der Waals surface area (Å²) in [7, 11) is 0. The van der Waals surface area contributed by atoms with Gasteiger partial charge in [0.2, 0.25) is 0 Å². The summed E-state index contributed by atoms with van der Waals surface area (Å²) in [6, 6.07) is 0. The summed E-state index contributed by atoms with van der Waals surface area (Å²) in [6.07, 6.45) is 2.71. The Kier molecular flexibility index (Phi) is 1.44. The highest BCUT2D eigenvalue weighted by molar-refractivity contribution is 7.71. The van der Waals surface area contributed by atoms with Crippen molar-refractivity contribution in [3.05, 3.63) is 22.2 Å². The number of nitroso groups, excluding NO2 is 1. The van der Waals surface area contributed by atoms with E-state index in [4.69, 9.17) is 12.2 Å². The van der Waals surface area contributed by atoms with Crippen LogP contribution in [0.1, 0.15) is 0 Å². The molecule has 0 aromatic carbocycles. The maximum absolute atomic E-state index is 10.2. The third-order valence-electron chi connectivity index (χ3n) is 1.42. The molecule has 12 heavy (non-hydrogen) atoms. The third kappa shape index (κ3) is 0.832. The van der Waals surface area contributed by atoms with Crippen molar-refractivity contribution >= 4 is 23.4 Å². The molecule has 7 heteroatoms. The molecule has 60 valence electrons. The predicted molar refractivity (Wildman–Crippen MR) is 43.9 cm³/mol. The number of aromatic amines is 1. The van der Waals surface area contributed by atoms with Gasteiger partial charge in [-0.15, -0.1) is 4.91 Å². The Morgan fingerprint density at radius 3 is 3.17 bits per heavy atom. The molecule has 0 saturated heterocycles. The summed E-state index contributed by atoms with van der Waals surface area (Å²) in [4.78, 5) is 20.6. The Hall–Kier alpha value is -1.63. The number of nitrogens with zero attached hydrogens (tertiary/aromatic N) is 4. The van der Waals surface area contributed by atoms with Crippen molar-refractivity contribution in [1.29, 1.82) is 0 Å². The summed E-state index contributed by atoms with van der Waals surface area (Å²) < 4.78 is 1.35. The van der Waals surface area contributed by atoms with E-state index >= 15 is 0 Å². The Morgan fingerprint density at radius 1 is 1.58 bits per heavy atom. The molecular formula is C5H3N5OS. The smallest absolute Gasteiger partial charge is 0.162 e. The minimum atomic E-state index is 0.306. The van der Waals surface area contributed by atoms with Gasteiger partial charge in [0.15, 0.2) is 10.3 Å². The van der Waals surface area contributed by atoms with E-state index in [1.165, 1.54) is 12.7 Å². The van der Waals surface area contributed by atoms with Crippen LogP contribution in [-0.4, -0.2) is 19.6 Å². The highest BCUT2D eigenvalue weighted by atomic mass is 32.1. The lowest BCUT2D eigenvalue weighted by atomic mass is 10.6. The van der Waals surface area contributed by atoms with Gasteiger partial charge in [-0.1, -0.05) is 12.2 Å². The lowest BCUT2D eigenvalue weighted by molar-refractivity contribution is 0.892. The minimum Gasteiger partial charge on any atom is -0.329 e. The molecule has 0 aliphatic rings. The molecule has 2 heterocycles. The van der Waals surface area contributed by atoms with Crippen molar-refractivity contribution < 1.29 is 0 Å². The molecule has 0 unspecified atom stereocenters. The molecule has 0 aliphatic carbocycles. The highest BCUT2D eigenvalue weighted by Gasteiger charge is 2.03. The van der Waals surface area contributed by atoms with Gasteiger partial charge in [0.05, 0.1) is 11.6 Å². The number of rotatable bonds is 1. The molecule has 0 radical (unpaired) electrons. The lowest BCUT2D eigenvalue weighted by Crippen LogP contribution is -1.87. The fraction of sp³-hybridized carbons (Fsp3) is 0. The Labute approximate surface area is 71.2 Å². The number of hydrogen-bond donors (Lipinski definition) is 1. The van der Waals surface area contributed by atoms with Crippen LogP contribution in [0, 0.1) is 9.55 Å². The van der Waals surface area contributed by atoms with Crippen molar-refractivity contribution in [3.63, 3.8) is 0 Å². The second-order valence-corrected chi connectivity index (χ2v) is 2.46. The first-order valence-corrected chi connectivity index (χ1v) is 3.48. The molecule has 6 nitrogen and oxygen atoms in total. The molecule has 0 spiro atoms. The highest BCUT2D eigenvalue weighted by Crippen LogP contribution is 2.08. The van der Waals surface area contributed by atoms with Gasteiger partial charge in [0, 0.05) is 0 Å². The van der Waals surface area contributed by atoms with E-state index in [0.29, 0.717) is 15.8 Å². The molecule has 0 amide bonds. The predicted octanol–water partition coefficient (Wildman–Crippen LogP) is 1.02. The standard InChI is InChI=1S/C5H3N5OS/c11-9-10-2-8-4-3(10)5(12)7-1-6-4/h1-2H,(H,6,7,12). The average molecular weight is 181 g/mol. The largest absolute Gasteiger partial charge is 0.329 e. The average Bonchev–Trinajstić information content (AvgIpc) is 2.49. The maximum Gasteiger partial charge on any atom is 0.162 e. The zero-order valence-electron chi connectivity index (χ0n) is 5.76. The number of hydrogen-bond acceptors (Lipinski definition) is 5. The van der Waals surface area contributed by atoms with Crippen molar-refractivity contribution in [1.82, 2.24) is 19.6 Å². The van der Waals surface area contributed by atoms with E-state index in [-0.39, 0.29) is 0 Å². The second kappa shape index (κ2) is 2.45. The fourth-order valence-corrected chi connectivity index (χ4v) is 1.16. The van der Waals surface area contributed by atoms with Crippen LogP contribution in [-0.2, 0) is 0 Å². The van der Waals surface area contributed by atoms with Crippen LogP contribution < -0.4 is 0 Å². The minimum absolute atomic E-state index is 0.306. The molecule has 0 atom stereocenters. The second-order valence-electron chi connectivity index (χ2n) is 2.08. The number of imidazole rings is 1. The lowest BCUT2D eigenvalue weighted by Gasteiger charge is -1.88. The number of nitrogens with one attached hydrogen (secondary N) is 1. The first kappa shape index (κ1) is 7.04. The summed E-state index contributed by atoms with van der Waals surface area (Å²) in [6.45, 7) is 0. The van der Waals surface area contributed by atoms with Gasteiger partial charge in [0.25, 0.3) is 0 Å². The van der Waals surface area contributed by atoms with E-state index < -0.39 is 0 Å². The Balaban J connectivity index is 3.02. The van der Waals surface area contributed by atoms with Crippen molar-refractivity contribution in [2.24, 2.45) is 5.29 Å². The van der Waals surface area contributed by atoms with E-state index in [0.717, 1.165) is 4.68 Å². The number of aromatic nitrogens is 4. The van der Waals surface area contributed by atoms with Crippen molar-refractivity contribution in [2.75, 3.05) is 0 Å². The maximum atomic E-state index is 10.2. The molecule has 2 aromatic heterocycles. The van der Waals surface area contributed by atoms with Gasteiger partial charge in [-0.05, 0) is 0 Å². The van der Waals surface area contributed by atoms with Crippen LogP contribution in [0.3, 0.4) is 0 Å². The van der Waals surface area contributed by atoms with Gasteiger partial charge in [0.1, 0.15) is 11.8 Å². The monoisotopic (exact) mass is 181 g/mol. The van der Waals surface area contributed by atoms with Crippen LogP contribution in [0.2, 0.25) is 0 Å². The third-order valence-corrected chi connectivity index (χ3v) is 1.72. The quantitative estimate of drug-likeness (QED) is 0.526. The molecular weight excluding hydrogens is 178 g/mol. The van der Waals surface area contributed by atoms with Gasteiger partial charge >= 0.3 is 0 Å². The molecule has 0 bridgehead atoms. The SMILES string of the molecule is O=Nn1cnc2[nH]cnc(=S)c21. The fourth-order valence-electron chi connectivity index (χ4n) is 0.920. The molecule has 1 N–H and O–H groups in total. The summed E-state index contributed by atoms with van der Waals surface area (Å²) in [5.41, 5.74) is 0.942. The van der Waals surface area contributed by atoms with E-state index in [2.05, 4.69) is 20.2 Å².